The minimum atomic E-state index is -2.93. The number of nitrogens with two attached hydrogens (primary N) is 1. The first-order chi connectivity index (χ1) is 14.3. The summed E-state index contributed by atoms with van der Waals surface area (Å²) in [5.74, 6) is -3.80. The average molecular weight is 418 g/mol. The van der Waals surface area contributed by atoms with Crippen molar-refractivity contribution in [2.45, 2.75) is 49.6 Å². The predicted molar refractivity (Wildman–Crippen MR) is 108 cm³/mol. The first kappa shape index (κ1) is 20.8. The number of aryl methyl sites for hydroxylation is 1. The summed E-state index contributed by atoms with van der Waals surface area (Å²) < 4.78 is 40.9. The molecule has 2 heterocycles. The molecule has 0 radical (unpaired) electrons. The molecule has 0 bridgehead atoms. The predicted octanol–water partition coefficient (Wildman–Crippen LogP) is 3.35. The molecule has 1 amide bonds. The van der Waals surface area contributed by atoms with Crippen LogP contribution in [0.15, 0.2) is 42.7 Å². The van der Waals surface area contributed by atoms with E-state index in [0.717, 1.165) is 24.0 Å². The Morgan fingerprint density at radius 2 is 2.00 bits per heavy atom. The van der Waals surface area contributed by atoms with Crippen LogP contribution in [0, 0.1) is 11.7 Å². The molecular formula is C22H25F3N4O. The van der Waals surface area contributed by atoms with Crippen LogP contribution in [-0.4, -0.2) is 29.4 Å². The second-order valence-corrected chi connectivity index (χ2v) is 8.35. The number of benzene rings is 1. The van der Waals surface area contributed by atoms with Crippen molar-refractivity contribution in [2.75, 3.05) is 11.9 Å². The third-order valence-electron chi connectivity index (χ3n) is 6.07. The molecule has 1 saturated heterocycles. The molecule has 2 fully saturated rings. The molecule has 160 valence electrons. The third kappa shape index (κ3) is 4.49. The van der Waals surface area contributed by atoms with Crippen molar-refractivity contribution in [1.29, 1.82) is 0 Å². The number of alkyl halides is 2. The van der Waals surface area contributed by atoms with Gasteiger partial charge in [0.25, 0.3) is 5.92 Å². The zero-order valence-electron chi connectivity index (χ0n) is 16.5. The molecular weight excluding hydrogens is 393 g/mol. The summed E-state index contributed by atoms with van der Waals surface area (Å²) in [6.07, 6.45) is 6.26. The van der Waals surface area contributed by atoms with Crippen molar-refractivity contribution in [1.82, 2.24) is 10.3 Å². The van der Waals surface area contributed by atoms with Crippen LogP contribution in [0.2, 0.25) is 0 Å². The molecule has 1 aliphatic heterocycles. The number of carbonyl (C=O) groups excluding carboxylic acids is 1. The summed E-state index contributed by atoms with van der Waals surface area (Å²) >= 11 is 0. The maximum absolute atomic E-state index is 14.2. The number of pyridine rings is 1. The number of halogens is 3. The maximum Gasteiger partial charge on any atom is 0.262 e. The molecule has 1 aromatic heterocycles. The van der Waals surface area contributed by atoms with Gasteiger partial charge in [-0.1, -0.05) is 6.07 Å². The highest BCUT2D eigenvalue weighted by Crippen LogP contribution is 2.46. The SMILES string of the molecule is N[C@](CCc1ccc(F)c(NC(=O)[C@H]2CC(F)(F)CN2)c1)(c1ccncc1)C1CC1. The number of anilines is 1. The molecule has 30 heavy (non-hydrogen) atoms. The molecule has 8 heteroatoms. The summed E-state index contributed by atoms with van der Waals surface area (Å²) in [4.78, 5) is 16.3. The normalized spacial score (nSPS) is 22.5. The van der Waals surface area contributed by atoms with Gasteiger partial charge in [0, 0.05) is 24.4 Å². The van der Waals surface area contributed by atoms with Crippen molar-refractivity contribution in [2.24, 2.45) is 11.7 Å². The quantitative estimate of drug-likeness (QED) is 0.644. The fourth-order valence-corrected chi connectivity index (χ4v) is 4.14. The number of hydrogen-bond donors (Lipinski definition) is 3. The van der Waals surface area contributed by atoms with E-state index in [4.69, 9.17) is 5.73 Å². The van der Waals surface area contributed by atoms with Gasteiger partial charge in [-0.3, -0.25) is 15.1 Å². The molecule has 5 nitrogen and oxygen atoms in total. The molecule has 2 aliphatic rings. The van der Waals surface area contributed by atoms with Crippen molar-refractivity contribution in [3.05, 3.63) is 59.7 Å². The Kier molecular flexibility index (Phi) is 5.55. The van der Waals surface area contributed by atoms with E-state index in [9.17, 15) is 18.0 Å². The van der Waals surface area contributed by atoms with Gasteiger partial charge in [0.2, 0.25) is 5.91 Å². The van der Waals surface area contributed by atoms with Crippen molar-refractivity contribution in [3.8, 4) is 0 Å². The Bertz CT molecular complexity index is 920. The Morgan fingerprint density at radius 1 is 1.27 bits per heavy atom. The molecule has 4 rings (SSSR count). The number of carbonyl (C=O) groups is 1. The summed E-state index contributed by atoms with van der Waals surface area (Å²) in [5, 5.41) is 4.92. The third-order valence-corrected chi connectivity index (χ3v) is 6.07. The highest BCUT2D eigenvalue weighted by molar-refractivity contribution is 5.95. The molecule has 1 saturated carbocycles. The number of rotatable bonds is 7. The number of nitrogens with zero attached hydrogens (tertiary/aromatic N) is 1. The highest BCUT2D eigenvalue weighted by atomic mass is 19.3. The van der Waals surface area contributed by atoms with Gasteiger partial charge in [0.05, 0.1) is 18.3 Å². The fraction of sp³-hybridized carbons (Fsp3) is 0.455. The Labute approximate surface area is 173 Å². The van der Waals surface area contributed by atoms with Gasteiger partial charge in [-0.2, -0.15) is 0 Å². The van der Waals surface area contributed by atoms with Crippen molar-refractivity contribution < 1.29 is 18.0 Å². The molecule has 4 N–H and O–H groups in total. The van der Waals surface area contributed by atoms with Gasteiger partial charge in [0.1, 0.15) is 5.82 Å². The first-order valence-electron chi connectivity index (χ1n) is 10.2. The second-order valence-electron chi connectivity index (χ2n) is 8.35. The van der Waals surface area contributed by atoms with Crippen LogP contribution < -0.4 is 16.4 Å². The lowest BCUT2D eigenvalue weighted by atomic mass is 9.81. The van der Waals surface area contributed by atoms with Gasteiger partial charge in [-0.15, -0.1) is 0 Å². The van der Waals surface area contributed by atoms with Gasteiger partial charge in [-0.05, 0) is 67.0 Å². The van der Waals surface area contributed by atoms with Crippen LogP contribution >= 0.6 is 0 Å². The largest absolute Gasteiger partial charge is 0.322 e. The summed E-state index contributed by atoms with van der Waals surface area (Å²) in [6.45, 7) is -0.553. The lowest BCUT2D eigenvalue weighted by Gasteiger charge is -2.30. The van der Waals surface area contributed by atoms with E-state index in [1.807, 2.05) is 12.1 Å². The van der Waals surface area contributed by atoms with Crippen LogP contribution in [0.1, 0.15) is 36.8 Å². The smallest absolute Gasteiger partial charge is 0.262 e. The van der Waals surface area contributed by atoms with E-state index in [1.54, 1.807) is 24.5 Å². The van der Waals surface area contributed by atoms with Gasteiger partial charge in [0.15, 0.2) is 0 Å². The van der Waals surface area contributed by atoms with E-state index < -0.39 is 42.2 Å². The van der Waals surface area contributed by atoms with Crippen LogP contribution in [-0.2, 0) is 16.8 Å². The molecule has 1 aromatic carbocycles. The van der Waals surface area contributed by atoms with Crippen LogP contribution in [0.25, 0.3) is 0 Å². The molecule has 0 unspecified atom stereocenters. The highest BCUT2D eigenvalue weighted by Gasteiger charge is 2.43. The first-order valence-corrected chi connectivity index (χ1v) is 10.2. The number of nitrogens with one attached hydrogen (secondary N) is 2. The van der Waals surface area contributed by atoms with Crippen molar-refractivity contribution in [3.63, 3.8) is 0 Å². The topological polar surface area (TPSA) is 80.0 Å². The van der Waals surface area contributed by atoms with E-state index in [1.165, 1.54) is 6.07 Å². The van der Waals surface area contributed by atoms with Crippen LogP contribution in [0.5, 0.6) is 0 Å². The average Bonchev–Trinajstić information content (AvgIpc) is 3.52. The lowest BCUT2D eigenvalue weighted by molar-refractivity contribution is -0.118. The monoisotopic (exact) mass is 418 g/mol. The Hall–Kier alpha value is -2.45. The fourth-order valence-electron chi connectivity index (χ4n) is 4.14. The zero-order valence-corrected chi connectivity index (χ0v) is 16.5. The maximum atomic E-state index is 14.2. The summed E-state index contributed by atoms with van der Waals surface area (Å²) in [6, 6.07) is 7.32. The standard InChI is InChI=1S/C22H25F3N4O/c23-17-4-1-14(11-18(17)29-20(30)19-12-21(24,25)13-28-19)5-8-22(26,15-2-3-15)16-6-9-27-10-7-16/h1,4,6-7,9-11,15,19,28H,2-3,5,8,12-13,26H2,(H,29,30)/t19-,22+/m1/s1. The van der Waals surface area contributed by atoms with E-state index >= 15 is 0 Å². The van der Waals surface area contributed by atoms with Crippen LogP contribution in [0.4, 0.5) is 18.9 Å². The van der Waals surface area contributed by atoms with E-state index in [0.29, 0.717) is 18.8 Å². The minimum absolute atomic E-state index is 0.00697. The number of aromatic nitrogens is 1. The molecule has 0 spiro atoms. The Balaban J connectivity index is 1.45. The van der Waals surface area contributed by atoms with E-state index in [2.05, 4.69) is 15.6 Å². The molecule has 1 aliphatic carbocycles. The molecule has 2 atom stereocenters. The number of amides is 1. The number of hydrogen-bond acceptors (Lipinski definition) is 4. The van der Waals surface area contributed by atoms with Crippen LogP contribution in [0.3, 0.4) is 0 Å². The summed E-state index contributed by atoms with van der Waals surface area (Å²) in [5.41, 5.74) is 8.14. The Morgan fingerprint density at radius 3 is 2.63 bits per heavy atom. The zero-order chi connectivity index (χ0) is 21.4. The minimum Gasteiger partial charge on any atom is -0.322 e. The summed E-state index contributed by atoms with van der Waals surface area (Å²) in [7, 11) is 0. The van der Waals surface area contributed by atoms with Gasteiger partial charge >= 0.3 is 0 Å². The second kappa shape index (κ2) is 8.00. The van der Waals surface area contributed by atoms with Crippen molar-refractivity contribution >= 4 is 11.6 Å². The van der Waals surface area contributed by atoms with Gasteiger partial charge < -0.3 is 11.1 Å². The lowest BCUT2D eigenvalue weighted by Crippen LogP contribution is -2.39. The van der Waals surface area contributed by atoms with E-state index in [-0.39, 0.29) is 5.69 Å². The molecule has 2 aromatic rings. The van der Waals surface area contributed by atoms with Gasteiger partial charge in [-0.25, -0.2) is 13.2 Å².